The molecule has 7 heteroatoms. The van der Waals surface area contributed by atoms with Gasteiger partial charge in [0.2, 0.25) is 11.8 Å². The summed E-state index contributed by atoms with van der Waals surface area (Å²) in [6.07, 6.45) is 0. The number of hydrogen-bond acceptors (Lipinski definition) is 5. The predicted octanol–water partition coefficient (Wildman–Crippen LogP) is 2.06. The first-order valence-corrected chi connectivity index (χ1v) is 8.78. The fourth-order valence-electron chi connectivity index (χ4n) is 3.52. The van der Waals surface area contributed by atoms with Gasteiger partial charge in [-0.25, -0.2) is 9.78 Å². The topological polar surface area (TPSA) is 99.6 Å². The second-order valence-corrected chi connectivity index (χ2v) is 6.62. The zero-order valence-electron chi connectivity index (χ0n) is 14.9. The maximum Gasteiger partial charge on any atom is 0.336 e. The molecule has 0 bridgehead atoms. The highest BCUT2D eigenvalue weighted by Crippen LogP contribution is 2.31. The average Bonchev–Trinajstić information content (AvgIpc) is 2.67. The molecule has 1 aromatic heterocycles. The summed E-state index contributed by atoms with van der Waals surface area (Å²) in [7, 11) is 0. The molecule has 0 spiro atoms. The van der Waals surface area contributed by atoms with Gasteiger partial charge >= 0.3 is 5.97 Å². The number of nitrogens with zero attached hydrogens (tertiary/aromatic N) is 2. The summed E-state index contributed by atoms with van der Waals surface area (Å²) >= 11 is 0. The zero-order chi connectivity index (χ0) is 19.7. The van der Waals surface area contributed by atoms with Crippen LogP contribution in [0.2, 0.25) is 0 Å². The molecule has 2 amide bonds. The first-order valence-electron chi connectivity index (χ1n) is 8.78. The first-order chi connectivity index (χ1) is 13.5. The number of pyridine rings is 1. The monoisotopic (exact) mass is 375 g/mol. The number of piperazine rings is 1. The van der Waals surface area contributed by atoms with Gasteiger partial charge in [-0.2, -0.15) is 0 Å². The van der Waals surface area contributed by atoms with Crippen molar-refractivity contribution >= 4 is 28.7 Å². The fraction of sp³-hybridized carbons (Fsp3) is 0.143. The van der Waals surface area contributed by atoms with E-state index in [0.717, 1.165) is 5.56 Å². The summed E-state index contributed by atoms with van der Waals surface area (Å²) in [5, 5.41) is 12.8. The van der Waals surface area contributed by atoms with Crippen LogP contribution in [0.15, 0.2) is 54.6 Å². The van der Waals surface area contributed by atoms with Crippen molar-refractivity contribution in [3.8, 4) is 11.3 Å². The summed E-state index contributed by atoms with van der Waals surface area (Å²) in [6.45, 7) is 0.167. The normalized spacial score (nSPS) is 14.9. The van der Waals surface area contributed by atoms with Crippen molar-refractivity contribution < 1.29 is 19.5 Å². The van der Waals surface area contributed by atoms with Crippen molar-refractivity contribution in [1.29, 1.82) is 0 Å². The van der Waals surface area contributed by atoms with Crippen molar-refractivity contribution in [3.05, 3.63) is 65.7 Å². The number of aromatic nitrogens is 1. The molecular formula is C21H17N3O4. The third kappa shape index (κ3) is 3.35. The molecule has 0 unspecified atom stereocenters. The zero-order valence-corrected chi connectivity index (χ0v) is 14.9. The molecule has 2 N–H and O–H groups in total. The lowest BCUT2D eigenvalue weighted by Gasteiger charge is -2.27. The number of rotatable bonds is 4. The number of hydrogen-bond donors (Lipinski definition) is 2. The lowest BCUT2D eigenvalue weighted by Crippen LogP contribution is -2.51. The smallest absolute Gasteiger partial charge is 0.336 e. The minimum Gasteiger partial charge on any atom is -0.478 e. The van der Waals surface area contributed by atoms with Crippen LogP contribution >= 0.6 is 0 Å². The molecule has 1 saturated heterocycles. The number of aromatic carboxylic acids is 1. The van der Waals surface area contributed by atoms with E-state index in [0.29, 0.717) is 22.2 Å². The highest BCUT2D eigenvalue weighted by molar-refractivity contribution is 6.06. The van der Waals surface area contributed by atoms with Crippen molar-refractivity contribution in [2.24, 2.45) is 0 Å². The van der Waals surface area contributed by atoms with Crippen molar-refractivity contribution in [2.45, 2.75) is 6.54 Å². The summed E-state index contributed by atoms with van der Waals surface area (Å²) in [4.78, 5) is 42.1. The molecule has 0 radical (unpaired) electrons. The summed E-state index contributed by atoms with van der Waals surface area (Å²) < 4.78 is 0. The number of fused-ring (bicyclic) bond motifs is 1. The van der Waals surface area contributed by atoms with E-state index in [1.54, 1.807) is 23.1 Å². The summed E-state index contributed by atoms with van der Waals surface area (Å²) in [5.41, 5.74) is 2.52. The van der Waals surface area contributed by atoms with Crippen LogP contribution in [0.4, 0.5) is 0 Å². The van der Waals surface area contributed by atoms with Gasteiger partial charge in [-0.05, 0) is 6.07 Å². The lowest BCUT2D eigenvalue weighted by molar-refractivity contribution is -0.136. The summed E-state index contributed by atoms with van der Waals surface area (Å²) in [6, 6.07) is 16.4. The second kappa shape index (κ2) is 7.21. The number of carboxylic acids is 1. The Balaban J connectivity index is 1.93. The molecule has 0 atom stereocenters. The molecule has 4 rings (SSSR count). The highest BCUT2D eigenvalue weighted by Gasteiger charge is 2.27. The Kier molecular flexibility index (Phi) is 4.58. The average molecular weight is 375 g/mol. The number of carboxylic acid groups (broad SMARTS) is 1. The van der Waals surface area contributed by atoms with Crippen LogP contribution in [-0.2, 0) is 16.1 Å². The van der Waals surface area contributed by atoms with E-state index in [-0.39, 0.29) is 25.2 Å². The molecule has 1 aliphatic heterocycles. The molecule has 7 nitrogen and oxygen atoms in total. The van der Waals surface area contributed by atoms with Crippen LogP contribution in [0.5, 0.6) is 0 Å². The minimum absolute atomic E-state index is 0.0197. The first kappa shape index (κ1) is 17.8. The van der Waals surface area contributed by atoms with Gasteiger partial charge in [0.15, 0.2) is 0 Å². The number of amides is 2. The Morgan fingerprint density at radius 2 is 1.64 bits per heavy atom. The van der Waals surface area contributed by atoms with Crippen LogP contribution in [0, 0.1) is 0 Å². The molecule has 0 saturated carbocycles. The molecule has 3 aromatic rings. The quantitative estimate of drug-likeness (QED) is 0.677. The van der Waals surface area contributed by atoms with E-state index in [1.807, 2.05) is 36.4 Å². The van der Waals surface area contributed by atoms with Crippen LogP contribution in [-0.4, -0.2) is 45.9 Å². The second-order valence-electron chi connectivity index (χ2n) is 6.62. The Morgan fingerprint density at radius 3 is 2.32 bits per heavy atom. The Morgan fingerprint density at radius 1 is 1.00 bits per heavy atom. The third-order valence-corrected chi connectivity index (χ3v) is 4.65. The van der Waals surface area contributed by atoms with Crippen molar-refractivity contribution in [2.75, 3.05) is 13.1 Å². The molecule has 0 aliphatic carbocycles. The van der Waals surface area contributed by atoms with E-state index in [4.69, 9.17) is 4.98 Å². The molecular weight excluding hydrogens is 358 g/mol. The fourth-order valence-corrected chi connectivity index (χ4v) is 3.52. The Labute approximate surface area is 160 Å². The number of nitrogens with one attached hydrogen (secondary N) is 1. The molecule has 140 valence electrons. The van der Waals surface area contributed by atoms with Crippen LogP contribution in [0.3, 0.4) is 0 Å². The van der Waals surface area contributed by atoms with E-state index < -0.39 is 17.8 Å². The lowest BCUT2D eigenvalue weighted by atomic mass is 9.96. The number of carbonyl (C=O) groups excluding carboxylic acids is 2. The molecule has 1 fully saturated rings. The van der Waals surface area contributed by atoms with Gasteiger partial charge in [-0.15, -0.1) is 0 Å². The van der Waals surface area contributed by atoms with Gasteiger partial charge in [-0.3, -0.25) is 19.8 Å². The third-order valence-electron chi connectivity index (χ3n) is 4.65. The van der Waals surface area contributed by atoms with Crippen LogP contribution in [0.1, 0.15) is 15.9 Å². The molecule has 1 aliphatic rings. The Hall–Kier alpha value is -3.58. The highest BCUT2D eigenvalue weighted by atomic mass is 16.4. The number of para-hydroxylation sites is 1. The van der Waals surface area contributed by atoms with Crippen molar-refractivity contribution in [3.63, 3.8) is 0 Å². The standard InChI is InChI=1S/C21H17N3O4/c25-17-11-24(12-18(26)23-17)10-15-19(21(27)28)14-8-4-5-9-16(14)22-20(15)13-6-2-1-3-7-13/h1-9H,10-12H2,(H,27,28)(H,23,25,26). The molecule has 2 heterocycles. The van der Waals surface area contributed by atoms with E-state index in [9.17, 15) is 19.5 Å². The largest absolute Gasteiger partial charge is 0.478 e. The van der Waals surface area contributed by atoms with Gasteiger partial charge < -0.3 is 5.11 Å². The SMILES string of the molecule is O=C1CN(Cc2c(-c3ccccc3)nc3ccccc3c2C(=O)O)CC(=O)N1. The maximum atomic E-state index is 12.2. The van der Waals surface area contributed by atoms with Gasteiger partial charge in [0, 0.05) is 23.1 Å². The van der Waals surface area contributed by atoms with Crippen LogP contribution < -0.4 is 5.32 Å². The molecule has 28 heavy (non-hydrogen) atoms. The van der Waals surface area contributed by atoms with E-state index in [2.05, 4.69) is 5.32 Å². The van der Waals surface area contributed by atoms with Gasteiger partial charge in [0.1, 0.15) is 0 Å². The number of imide groups is 1. The van der Waals surface area contributed by atoms with E-state index in [1.165, 1.54) is 0 Å². The van der Waals surface area contributed by atoms with E-state index >= 15 is 0 Å². The number of carbonyl (C=O) groups is 3. The minimum atomic E-state index is -1.07. The maximum absolute atomic E-state index is 12.2. The van der Waals surface area contributed by atoms with Gasteiger partial charge in [0.05, 0.1) is 29.9 Å². The number of benzene rings is 2. The van der Waals surface area contributed by atoms with Gasteiger partial charge in [-0.1, -0.05) is 48.5 Å². The van der Waals surface area contributed by atoms with Crippen molar-refractivity contribution in [1.82, 2.24) is 15.2 Å². The van der Waals surface area contributed by atoms with Gasteiger partial charge in [0.25, 0.3) is 0 Å². The van der Waals surface area contributed by atoms with Crippen LogP contribution in [0.25, 0.3) is 22.2 Å². The Bertz CT molecular complexity index is 1080. The predicted molar refractivity (Wildman–Crippen MR) is 103 cm³/mol. The molecule has 2 aromatic carbocycles. The summed E-state index contributed by atoms with van der Waals surface area (Å²) in [5.74, 6) is -1.87.